The van der Waals surface area contributed by atoms with Gasteiger partial charge in [0.25, 0.3) is 0 Å². The molecule has 1 nitrogen and oxygen atoms in total. The number of nitrogens with zero attached hydrogens (tertiary/aromatic N) is 1. The molecule has 0 aromatic heterocycles. The molecule has 0 bridgehead atoms. The normalized spacial score (nSPS) is 36.4. The molecule has 94 valence electrons. The van der Waals surface area contributed by atoms with Crippen LogP contribution in [0, 0.1) is 17.3 Å². The summed E-state index contributed by atoms with van der Waals surface area (Å²) in [5.41, 5.74) is 0.730. The Labute approximate surface area is 102 Å². The predicted octanol–water partition coefficient (Wildman–Crippen LogP) is 3.93. The van der Waals surface area contributed by atoms with Crippen molar-refractivity contribution in [3.63, 3.8) is 0 Å². The van der Waals surface area contributed by atoms with Crippen LogP contribution in [-0.4, -0.2) is 24.5 Å². The third kappa shape index (κ3) is 2.80. The van der Waals surface area contributed by atoms with Crippen LogP contribution in [0.5, 0.6) is 0 Å². The van der Waals surface area contributed by atoms with E-state index in [1.807, 2.05) is 0 Å². The van der Waals surface area contributed by atoms with Gasteiger partial charge in [0.1, 0.15) is 0 Å². The number of hydrogen-bond donors (Lipinski definition) is 0. The molecule has 0 aromatic carbocycles. The molecule has 0 radical (unpaired) electrons. The van der Waals surface area contributed by atoms with Crippen LogP contribution >= 0.6 is 0 Å². The van der Waals surface area contributed by atoms with Crippen LogP contribution in [0.15, 0.2) is 0 Å². The van der Waals surface area contributed by atoms with Crippen molar-refractivity contribution >= 4 is 0 Å². The smallest absolute Gasteiger partial charge is 0.00384 e. The van der Waals surface area contributed by atoms with E-state index in [4.69, 9.17) is 0 Å². The van der Waals surface area contributed by atoms with E-state index in [0.717, 1.165) is 17.3 Å². The highest BCUT2D eigenvalue weighted by atomic mass is 15.1. The molecule has 1 saturated carbocycles. The van der Waals surface area contributed by atoms with Gasteiger partial charge in [0.05, 0.1) is 0 Å². The van der Waals surface area contributed by atoms with Gasteiger partial charge in [0, 0.05) is 6.54 Å². The summed E-state index contributed by atoms with van der Waals surface area (Å²) in [7, 11) is 0. The Hall–Kier alpha value is -0.0400. The second-order valence-corrected chi connectivity index (χ2v) is 6.71. The Morgan fingerprint density at radius 3 is 2.75 bits per heavy atom. The molecule has 16 heavy (non-hydrogen) atoms. The summed E-state index contributed by atoms with van der Waals surface area (Å²) >= 11 is 0. The Morgan fingerprint density at radius 2 is 2.12 bits per heavy atom. The SMILES string of the molecule is CCN1CCC2(CCCC(CC(C)C)C2)C1. The van der Waals surface area contributed by atoms with Crippen LogP contribution in [-0.2, 0) is 0 Å². The van der Waals surface area contributed by atoms with Crippen LogP contribution in [0.3, 0.4) is 0 Å². The van der Waals surface area contributed by atoms with Crippen LogP contribution in [0.25, 0.3) is 0 Å². The maximum Gasteiger partial charge on any atom is 0.00384 e. The molecule has 2 aliphatic rings. The molecule has 1 saturated heterocycles. The van der Waals surface area contributed by atoms with Crippen molar-refractivity contribution in [1.82, 2.24) is 4.90 Å². The van der Waals surface area contributed by atoms with Gasteiger partial charge in [0.15, 0.2) is 0 Å². The fraction of sp³-hybridized carbons (Fsp3) is 1.00. The highest BCUT2D eigenvalue weighted by molar-refractivity contribution is 4.93. The molecular weight excluding hydrogens is 194 g/mol. The number of likely N-dealkylation sites (tertiary alicyclic amines) is 1. The zero-order valence-corrected chi connectivity index (χ0v) is 11.5. The molecule has 2 rings (SSSR count). The van der Waals surface area contributed by atoms with Crippen molar-refractivity contribution in [1.29, 1.82) is 0 Å². The molecule has 0 amide bonds. The van der Waals surface area contributed by atoms with Gasteiger partial charge in [0.2, 0.25) is 0 Å². The minimum absolute atomic E-state index is 0.730. The van der Waals surface area contributed by atoms with Gasteiger partial charge >= 0.3 is 0 Å². The van der Waals surface area contributed by atoms with E-state index >= 15 is 0 Å². The second-order valence-electron chi connectivity index (χ2n) is 6.71. The van der Waals surface area contributed by atoms with E-state index in [-0.39, 0.29) is 0 Å². The molecule has 0 N–H and O–H groups in total. The fourth-order valence-corrected chi connectivity index (χ4v) is 4.12. The largest absolute Gasteiger partial charge is 0.303 e. The minimum atomic E-state index is 0.730. The first kappa shape index (κ1) is 12.4. The minimum Gasteiger partial charge on any atom is -0.303 e. The zero-order valence-electron chi connectivity index (χ0n) is 11.5. The fourth-order valence-electron chi connectivity index (χ4n) is 4.12. The first-order valence-corrected chi connectivity index (χ1v) is 7.36. The first-order chi connectivity index (χ1) is 7.63. The lowest BCUT2D eigenvalue weighted by molar-refractivity contribution is 0.129. The Bertz CT molecular complexity index is 223. The van der Waals surface area contributed by atoms with E-state index in [0.29, 0.717) is 0 Å². The van der Waals surface area contributed by atoms with E-state index in [9.17, 15) is 0 Å². The predicted molar refractivity (Wildman–Crippen MR) is 70.6 cm³/mol. The number of rotatable bonds is 3. The summed E-state index contributed by atoms with van der Waals surface area (Å²) in [6.07, 6.45) is 8.99. The van der Waals surface area contributed by atoms with Crippen molar-refractivity contribution in [3.8, 4) is 0 Å². The van der Waals surface area contributed by atoms with Gasteiger partial charge in [-0.2, -0.15) is 0 Å². The molecule has 2 fully saturated rings. The van der Waals surface area contributed by atoms with Gasteiger partial charge in [-0.05, 0) is 56.0 Å². The maximum atomic E-state index is 2.66. The summed E-state index contributed by atoms with van der Waals surface area (Å²) < 4.78 is 0. The lowest BCUT2D eigenvalue weighted by atomic mass is 9.67. The Balaban J connectivity index is 1.91. The maximum absolute atomic E-state index is 2.66. The second kappa shape index (κ2) is 5.08. The number of hydrogen-bond acceptors (Lipinski definition) is 1. The lowest BCUT2D eigenvalue weighted by Gasteiger charge is -2.39. The average Bonchev–Trinajstić information content (AvgIpc) is 2.60. The monoisotopic (exact) mass is 223 g/mol. The van der Waals surface area contributed by atoms with Crippen molar-refractivity contribution in [2.45, 2.75) is 59.3 Å². The van der Waals surface area contributed by atoms with Crippen LogP contribution in [0.2, 0.25) is 0 Å². The molecule has 2 atom stereocenters. The van der Waals surface area contributed by atoms with Crippen molar-refractivity contribution in [2.75, 3.05) is 19.6 Å². The standard InChI is InChI=1S/C15H29N/c1-4-16-9-8-15(12-16)7-5-6-14(11-15)10-13(2)3/h13-14H,4-12H2,1-3H3. The molecule has 1 heterocycles. The first-order valence-electron chi connectivity index (χ1n) is 7.36. The average molecular weight is 223 g/mol. The summed E-state index contributed by atoms with van der Waals surface area (Å²) in [5, 5.41) is 0. The lowest BCUT2D eigenvalue weighted by Crippen LogP contribution is -2.32. The molecule has 1 aliphatic heterocycles. The van der Waals surface area contributed by atoms with Gasteiger partial charge < -0.3 is 4.90 Å². The summed E-state index contributed by atoms with van der Waals surface area (Å²) in [5.74, 6) is 1.93. The van der Waals surface area contributed by atoms with Crippen LogP contribution < -0.4 is 0 Å². The quantitative estimate of drug-likeness (QED) is 0.700. The van der Waals surface area contributed by atoms with E-state index in [1.165, 1.54) is 58.2 Å². The summed E-state index contributed by atoms with van der Waals surface area (Å²) in [4.78, 5) is 2.66. The summed E-state index contributed by atoms with van der Waals surface area (Å²) in [6.45, 7) is 11.1. The zero-order chi connectivity index (χ0) is 11.6. The van der Waals surface area contributed by atoms with Crippen LogP contribution in [0.4, 0.5) is 0 Å². The third-order valence-corrected chi connectivity index (χ3v) is 4.81. The highest BCUT2D eigenvalue weighted by Crippen LogP contribution is 2.47. The van der Waals surface area contributed by atoms with E-state index < -0.39 is 0 Å². The van der Waals surface area contributed by atoms with E-state index in [1.54, 1.807) is 0 Å². The Morgan fingerprint density at radius 1 is 1.31 bits per heavy atom. The van der Waals surface area contributed by atoms with E-state index in [2.05, 4.69) is 25.7 Å². The van der Waals surface area contributed by atoms with Gasteiger partial charge in [-0.3, -0.25) is 0 Å². The molecule has 1 aliphatic carbocycles. The van der Waals surface area contributed by atoms with Gasteiger partial charge in [-0.1, -0.05) is 33.6 Å². The summed E-state index contributed by atoms with van der Waals surface area (Å²) in [6, 6.07) is 0. The molecular formula is C15H29N. The van der Waals surface area contributed by atoms with Crippen molar-refractivity contribution in [2.24, 2.45) is 17.3 Å². The van der Waals surface area contributed by atoms with Crippen LogP contribution in [0.1, 0.15) is 59.3 Å². The molecule has 1 spiro atoms. The van der Waals surface area contributed by atoms with Crippen molar-refractivity contribution < 1.29 is 0 Å². The molecule has 2 unspecified atom stereocenters. The Kier molecular flexibility index (Phi) is 3.94. The van der Waals surface area contributed by atoms with Gasteiger partial charge in [-0.25, -0.2) is 0 Å². The third-order valence-electron chi connectivity index (χ3n) is 4.81. The molecule has 1 heteroatoms. The van der Waals surface area contributed by atoms with Gasteiger partial charge in [-0.15, -0.1) is 0 Å². The topological polar surface area (TPSA) is 3.24 Å². The van der Waals surface area contributed by atoms with Crippen molar-refractivity contribution in [3.05, 3.63) is 0 Å². The molecule has 0 aromatic rings. The highest BCUT2D eigenvalue weighted by Gasteiger charge is 2.41.